The summed E-state index contributed by atoms with van der Waals surface area (Å²) < 4.78 is 5.82. The van der Waals surface area contributed by atoms with Crippen LogP contribution in [0.3, 0.4) is 0 Å². The van der Waals surface area contributed by atoms with Crippen LogP contribution in [0.25, 0.3) is 0 Å². The number of nitrogens with zero attached hydrogens (tertiary/aromatic N) is 2. The lowest BCUT2D eigenvalue weighted by molar-refractivity contribution is 0.131. The predicted octanol–water partition coefficient (Wildman–Crippen LogP) is 4.07. The number of hydrazone groups is 1. The average Bonchev–Trinajstić information content (AvgIpc) is 2.73. The highest BCUT2D eigenvalue weighted by atomic mass is 32.1. The van der Waals surface area contributed by atoms with Crippen molar-refractivity contribution in [2.24, 2.45) is 5.10 Å². The van der Waals surface area contributed by atoms with Gasteiger partial charge in [0.15, 0.2) is 0 Å². The molecule has 0 radical (unpaired) electrons. The molecule has 0 aliphatic carbocycles. The summed E-state index contributed by atoms with van der Waals surface area (Å²) in [5, 5.41) is 6.95. The Labute approximate surface area is 123 Å². The predicted molar refractivity (Wildman–Crippen MR) is 84.9 cm³/mol. The number of nitrogens with one attached hydrogen (secondary N) is 1. The van der Waals surface area contributed by atoms with E-state index in [1.807, 2.05) is 57.3 Å². The van der Waals surface area contributed by atoms with Gasteiger partial charge in [0, 0.05) is 5.38 Å². The van der Waals surface area contributed by atoms with Crippen molar-refractivity contribution in [2.45, 2.75) is 33.3 Å². The van der Waals surface area contributed by atoms with E-state index in [4.69, 9.17) is 4.74 Å². The quantitative estimate of drug-likeness (QED) is 0.681. The minimum atomic E-state index is -0.202. The van der Waals surface area contributed by atoms with Crippen LogP contribution in [0.2, 0.25) is 0 Å². The Kier molecular flexibility index (Phi) is 4.39. The van der Waals surface area contributed by atoms with Crippen LogP contribution in [-0.4, -0.2) is 16.8 Å². The maximum atomic E-state index is 5.82. The van der Waals surface area contributed by atoms with Gasteiger partial charge in [0.25, 0.3) is 0 Å². The largest absolute Gasteiger partial charge is 0.488 e. The maximum Gasteiger partial charge on any atom is 0.203 e. The third kappa shape index (κ3) is 4.66. The van der Waals surface area contributed by atoms with E-state index in [9.17, 15) is 0 Å². The number of hydrogen-bond donors (Lipinski definition) is 1. The van der Waals surface area contributed by atoms with Crippen molar-refractivity contribution >= 4 is 22.7 Å². The van der Waals surface area contributed by atoms with Gasteiger partial charge in [-0.05, 0) is 45.4 Å². The number of aryl methyl sites for hydroxylation is 1. The van der Waals surface area contributed by atoms with Crippen molar-refractivity contribution in [1.82, 2.24) is 4.98 Å². The third-order valence-corrected chi connectivity index (χ3v) is 3.14. The number of aromatic nitrogens is 1. The Morgan fingerprint density at radius 2 is 2.15 bits per heavy atom. The summed E-state index contributed by atoms with van der Waals surface area (Å²) in [4.78, 5) is 4.28. The topological polar surface area (TPSA) is 46.5 Å². The minimum Gasteiger partial charge on any atom is -0.488 e. The van der Waals surface area contributed by atoms with Gasteiger partial charge in [0.1, 0.15) is 11.4 Å². The lowest BCUT2D eigenvalue weighted by Crippen LogP contribution is -2.22. The van der Waals surface area contributed by atoms with Gasteiger partial charge in [-0.1, -0.05) is 12.1 Å². The van der Waals surface area contributed by atoms with Crippen molar-refractivity contribution in [3.05, 3.63) is 40.9 Å². The zero-order chi connectivity index (χ0) is 14.6. The standard InChI is InChI=1S/C15H19N3OS/c1-11-10-20-14(17-11)18-16-9-12-6-5-7-13(8-12)19-15(2,3)4/h5-10H,1-4H3,(H,17,18). The average molecular weight is 289 g/mol. The first-order chi connectivity index (χ1) is 9.42. The fourth-order valence-corrected chi connectivity index (χ4v) is 2.22. The molecule has 0 aliphatic rings. The molecule has 4 nitrogen and oxygen atoms in total. The summed E-state index contributed by atoms with van der Waals surface area (Å²) in [7, 11) is 0. The highest BCUT2D eigenvalue weighted by Crippen LogP contribution is 2.19. The van der Waals surface area contributed by atoms with E-state index in [1.54, 1.807) is 6.21 Å². The molecule has 0 fully saturated rings. The fourth-order valence-electron chi connectivity index (χ4n) is 1.58. The lowest BCUT2D eigenvalue weighted by Gasteiger charge is -2.21. The lowest BCUT2D eigenvalue weighted by atomic mass is 10.2. The number of benzene rings is 1. The van der Waals surface area contributed by atoms with Crippen molar-refractivity contribution in [1.29, 1.82) is 0 Å². The van der Waals surface area contributed by atoms with Gasteiger partial charge >= 0.3 is 0 Å². The van der Waals surface area contributed by atoms with Crippen LogP contribution in [0, 0.1) is 6.92 Å². The van der Waals surface area contributed by atoms with Crippen molar-refractivity contribution in [2.75, 3.05) is 5.43 Å². The van der Waals surface area contributed by atoms with E-state index in [1.165, 1.54) is 11.3 Å². The number of rotatable bonds is 4. The highest BCUT2D eigenvalue weighted by molar-refractivity contribution is 7.13. The van der Waals surface area contributed by atoms with Gasteiger partial charge in [-0.2, -0.15) is 5.10 Å². The van der Waals surface area contributed by atoms with Crippen LogP contribution >= 0.6 is 11.3 Å². The van der Waals surface area contributed by atoms with Crippen LogP contribution in [0.4, 0.5) is 5.13 Å². The van der Waals surface area contributed by atoms with Gasteiger partial charge < -0.3 is 4.74 Å². The number of thiazole rings is 1. The molecule has 2 aromatic rings. The van der Waals surface area contributed by atoms with Crippen molar-refractivity contribution < 1.29 is 4.74 Å². The molecule has 20 heavy (non-hydrogen) atoms. The second-order valence-corrected chi connectivity index (χ2v) is 6.31. The number of ether oxygens (including phenoxy) is 1. The van der Waals surface area contributed by atoms with Crippen LogP contribution in [0.15, 0.2) is 34.7 Å². The molecular weight excluding hydrogens is 270 g/mol. The Morgan fingerprint density at radius 3 is 2.80 bits per heavy atom. The van der Waals surface area contributed by atoms with Gasteiger partial charge in [0.05, 0.1) is 11.9 Å². The molecule has 2 rings (SSSR count). The van der Waals surface area contributed by atoms with E-state index in [0.29, 0.717) is 0 Å². The summed E-state index contributed by atoms with van der Waals surface area (Å²) in [5.74, 6) is 0.839. The SMILES string of the molecule is Cc1csc(NN=Cc2cccc(OC(C)(C)C)c2)n1. The zero-order valence-electron chi connectivity index (χ0n) is 12.2. The molecule has 1 N–H and O–H groups in total. The second-order valence-electron chi connectivity index (χ2n) is 5.45. The first-order valence-corrected chi connectivity index (χ1v) is 7.31. The molecule has 0 unspecified atom stereocenters. The first-order valence-electron chi connectivity index (χ1n) is 6.43. The Morgan fingerprint density at radius 1 is 1.35 bits per heavy atom. The van der Waals surface area contributed by atoms with E-state index in [0.717, 1.165) is 22.1 Å². The first kappa shape index (κ1) is 14.5. The molecule has 106 valence electrons. The van der Waals surface area contributed by atoms with Crippen molar-refractivity contribution in [3.63, 3.8) is 0 Å². The smallest absolute Gasteiger partial charge is 0.203 e. The molecule has 0 bridgehead atoms. The van der Waals surface area contributed by atoms with Gasteiger partial charge in [-0.3, -0.25) is 5.43 Å². The number of anilines is 1. The molecule has 1 aromatic carbocycles. The van der Waals surface area contributed by atoms with Gasteiger partial charge in [-0.25, -0.2) is 4.98 Å². The maximum absolute atomic E-state index is 5.82. The normalized spacial score (nSPS) is 11.8. The molecule has 1 aromatic heterocycles. The van der Waals surface area contributed by atoms with Crippen molar-refractivity contribution in [3.8, 4) is 5.75 Å². The van der Waals surface area contributed by atoms with Crippen LogP contribution < -0.4 is 10.2 Å². The molecule has 0 atom stereocenters. The van der Waals surface area contributed by atoms with Crippen LogP contribution in [0.1, 0.15) is 32.0 Å². The summed E-state index contributed by atoms with van der Waals surface area (Å²) in [6.45, 7) is 8.04. The molecule has 5 heteroatoms. The summed E-state index contributed by atoms with van der Waals surface area (Å²) in [6, 6.07) is 7.84. The number of hydrogen-bond acceptors (Lipinski definition) is 5. The minimum absolute atomic E-state index is 0.202. The molecular formula is C15H19N3OS. The van der Waals surface area contributed by atoms with Crippen LogP contribution in [-0.2, 0) is 0 Å². The highest BCUT2D eigenvalue weighted by Gasteiger charge is 2.11. The zero-order valence-corrected chi connectivity index (χ0v) is 13.0. The third-order valence-electron chi connectivity index (χ3n) is 2.27. The molecule has 0 saturated carbocycles. The van der Waals surface area contributed by atoms with E-state index in [2.05, 4.69) is 15.5 Å². The molecule has 1 heterocycles. The van der Waals surface area contributed by atoms with Crippen LogP contribution in [0.5, 0.6) is 5.75 Å². The van der Waals surface area contributed by atoms with E-state index in [-0.39, 0.29) is 5.60 Å². The van der Waals surface area contributed by atoms with Gasteiger partial charge in [0.2, 0.25) is 5.13 Å². The molecule has 0 saturated heterocycles. The second kappa shape index (κ2) is 6.05. The summed E-state index contributed by atoms with van der Waals surface area (Å²) >= 11 is 1.54. The fraction of sp³-hybridized carbons (Fsp3) is 0.333. The Hall–Kier alpha value is -1.88. The molecule has 0 spiro atoms. The van der Waals surface area contributed by atoms with Gasteiger partial charge in [-0.15, -0.1) is 11.3 Å². The Bertz CT molecular complexity index is 599. The Balaban J connectivity index is 2.00. The summed E-state index contributed by atoms with van der Waals surface area (Å²) in [5.41, 5.74) is 4.69. The monoisotopic (exact) mass is 289 g/mol. The molecule has 0 aliphatic heterocycles. The summed E-state index contributed by atoms with van der Waals surface area (Å²) in [6.07, 6.45) is 1.76. The van der Waals surface area contributed by atoms with E-state index >= 15 is 0 Å². The van der Waals surface area contributed by atoms with E-state index < -0.39 is 0 Å². The molecule has 0 amide bonds.